The van der Waals surface area contributed by atoms with Crippen LogP contribution in [-0.4, -0.2) is 28.9 Å². The number of nitrogens with zero attached hydrogens (tertiary/aromatic N) is 2. The van der Waals surface area contributed by atoms with E-state index in [0.29, 0.717) is 22.8 Å². The number of hydrogen-bond acceptors (Lipinski definition) is 6. The van der Waals surface area contributed by atoms with Crippen molar-refractivity contribution in [3.8, 4) is 16.9 Å². The third kappa shape index (κ3) is 5.31. The molecule has 1 aromatic heterocycles. The van der Waals surface area contributed by atoms with E-state index >= 15 is 0 Å². The summed E-state index contributed by atoms with van der Waals surface area (Å²) in [6.07, 6.45) is 3.47. The summed E-state index contributed by atoms with van der Waals surface area (Å²) in [7, 11) is 1.63. The van der Waals surface area contributed by atoms with Gasteiger partial charge in [0, 0.05) is 40.5 Å². The van der Waals surface area contributed by atoms with E-state index in [2.05, 4.69) is 20.6 Å². The molecule has 8 nitrogen and oxygen atoms in total. The number of hydrogen-bond donors (Lipinski definition) is 3. The molecule has 164 valence electrons. The van der Waals surface area contributed by atoms with E-state index in [-0.39, 0.29) is 5.91 Å². The molecule has 2 amide bonds. The van der Waals surface area contributed by atoms with Crippen LogP contribution in [0.3, 0.4) is 0 Å². The molecule has 0 aliphatic carbocycles. The van der Waals surface area contributed by atoms with Crippen LogP contribution in [0.5, 0.6) is 5.75 Å². The molecule has 8 heteroatoms. The number of rotatable bonds is 7. The molecule has 0 spiro atoms. The Bertz CT molecular complexity index is 1270. The molecule has 33 heavy (non-hydrogen) atoms. The zero-order chi connectivity index (χ0) is 23.2. The van der Waals surface area contributed by atoms with Gasteiger partial charge in [-0.05, 0) is 60.2 Å². The molecule has 0 aliphatic heterocycles. The highest BCUT2D eigenvalue weighted by Gasteiger charge is 2.08. The van der Waals surface area contributed by atoms with Crippen LogP contribution in [0.2, 0.25) is 0 Å². The van der Waals surface area contributed by atoms with Crippen LogP contribution in [0.4, 0.5) is 17.3 Å². The van der Waals surface area contributed by atoms with Crippen LogP contribution in [0, 0.1) is 0 Å². The van der Waals surface area contributed by atoms with Crippen molar-refractivity contribution in [1.82, 2.24) is 9.97 Å². The Morgan fingerprint density at radius 1 is 0.818 bits per heavy atom. The fourth-order valence-electron chi connectivity index (χ4n) is 3.11. The van der Waals surface area contributed by atoms with Gasteiger partial charge in [0.15, 0.2) is 0 Å². The number of aromatic nitrogens is 2. The van der Waals surface area contributed by atoms with Gasteiger partial charge in [-0.2, -0.15) is 0 Å². The van der Waals surface area contributed by atoms with Crippen LogP contribution in [0.1, 0.15) is 20.7 Å². The number of carbonyl (C=O) groups excluding carboxylic acids is 2. The number of ether oxygens (including phenoxy) is 1. The van der Waals surface area contributed by atoms with Gasteiger partial charge in [-0.3, -0.25) is 9.59 Å². The molecule has 0 radical (unpaired) electrons. The number of benzene rings is 3. The van der Waals surface area contributed by atoms with E-state index < -0.39 is 5.91 Å². The first kappa shape index (κ1) is 21.5. The number of anilines is 3. The molecular weight excluding hydrogens is 418 g/mol. The van der Waals surface area contributed by atoms with Crippen LogP contribution in [-0.2, 0) is 0 Å². The predicted octanol–water partition coefficient (Wildman–Crippen LogP) is 4.25. The third-order valence-corrected chi connectivity index (χ3v) is 4.88. The summed E-state index contributed by atoms with van der Waals surface area (Å²) >= 11 is 0. The number of methoxy groups -OCH3 is 1. The van der Waals surface area contributed by atoms with Gasteiger partial charge in [-0.25, -0.2) is 9.97 Å². The number of amides is 2. The maximum atomic E-state index is 12.5. The first-order valence-corrected chi connectivity index (χ1v) is 10.1. The fourth-order valence-corrected chi connectivity index (χ4v) is 3.11. The second-order valence-electron chi connectivity index (χ2n) is 7.13. The van der Waals surface area contributed by atoms with E-state index in [1.807, 2.05) is 24.3 Å². The Kier molecular flexibility index (Phi) is 6.26. The second-order valence-corrected chi connectivity index (χ2v) is 7.13. The van der Waals surface area contributed by atoms with Crippen molar-refractivity contribution in [2.45, 2.75) is 0 Å². The first-order chi connectivity index (χ1) is 16.0. The van der Waals surface area contributed by atoms with Crippen molar-refractivity contribution in [2.24, 2.45) is 5.73 Å². The van der Waals surface area contributed by atoms with Crippen LogP contribution >= 0.6 is 0 Å². The van der Waals surface area contributed by atoms with Gasteiger partial charge in [0.1, 0.15) is 5.75 Å². The highest BCUT2D eigenvalue weighted by Crippen LogP contribution is 2.22. The van der Waals surface area contributed by atoms with Gasteiger partial charge < -0.3 is 21.1 Å². The molecule has 0 fully saturated rings. The van der Waals surface area contributed by atoms with E-state index in [1.165, 1.54) is 6.07 Å². The highest BCUT2D eigenvalue weighted by atomic mass is 16.5. The van der Waals surface area contributed by atoms with Gasteiger partial charge >= 0.3 is 0 Å². The zero-order valence-electron chi connectivity index (χ0n) is 17.8. The van der Waals surface area contributed by atoms with Crippen molar-refractivity contribution in [2.75, 3.05) is 17.7 Å². The lowest BCUT2D eigenvalue weighted by molar-refractivity contribution is 0.0996. The summed E-state index contributed by atoms with van der Waals surface area (Å²) < 4.78 is 5.17. The molecule has 3 aromatic carbocycles. The monoisotopic (exact) mass is 439 g/mol. The Morgan fingerprint density at radius 2 is 1.52 bits per heavy atom. The summed E-state index contributed by atoms with van der Waals surface area (Å²) in [5, 5.41) is 5.86. The summed E-state index contributed by atoms with van der Waals surface area (Å²) in [5.41, 5.74) is 9.16. The second kappa shape index (κ2) is 9.61. The summed E-state index contributed by atoms with van der Waals surface area (Å²) in [6.45, 7) is 0. The number of carbonyl (C=O) groups is 2. The lowest BCUT2D eigenvalue weighted by Crippen LogP contribution is -2.14. The SMILES string of the molecule is COc1ccc(-c2cnc(Nc3ccc(C(=O)Nc4cccc(C(N)=O)c4)cc3)nc2)cc1. The van der Waals surface area contributed by atoms with Crippen LogP contribution in [0.25, 0.3) is 11.1 Å². The minimum Gasteiger partial charge on any atom is -0.497 e. The molecule has 1 heterocycles. The average Bonchev–Trinajstić information content (AvgIpc) is 2.85. The van der Waals surface area contributed by atoms with E-state index in [0.717, 1.165) is 22.6 Å². The molecule has 4 rings (SSSR count). The van der Waals surface area contributed by atoms with Gasteiger partial charge in [0.25, 0.3) is 5.91 Å². The Morgan fingerprint density at radius 3 is 2.15 bits per heavy atom. The number of primary amides is 1. The molecule has 0 aliphatic rings. The van der Waals surface area contributed by atoms with Crippen molar-refractivity contribution in [3.05, 3.63) is 96.3 Å². The summed E-state index contributed by atoms with van der Waals surface area (Å²) in [5.74, 6) is 0.367. The zero-order valence-corrected chi connectivity index (χ0v) is 17.8. The van der Waals surface area contributed by atoms with Gasteiger partial charge in [-0.15, -0.1) is 0 Å². The van der Waals surface area contributed by atoms with Crippen LogP contribution in [0.15, 0.2) is 85.2 Å². The van der Waals surface area contributed by atoms with Gasteiger partial charge in [0.2, 0.25) is 11.9 Å². The minimum absolute atomic E-state index is 0.303. The molecule has 4 N–H and O–H groups in total. The maximum Gasteiger partial charge on any atom is 0.255 e. The van der Waals surface area contributed by atoms with E-state index in [1.54, 1.807) is 62.0 Å². The minimum atomic E-state index is -0.555. The Labute approximate surface area is 190 Å². The van der Waals surface area contributed by atoms with E-state index in [9.17, 15) is 9.59 Å². The van der Waals surface area contributed by atoms with Gasteiger partial charge in [-0.1, -0.05) is 18.2 Å². The molecule has 0 bridgehead atoms. The normalized spacial score (nSPS) is 10.3. The maximum absolute atomic E-state index is 12.5. The molecule has 0 saturated carbocycles. The molecule has 0 atom stereocenters. The standard InChI is InChI=1S/C25H21N5O3/c1-33-22-11-7-16(8-12-22)19-14-27-25(28-15-19)30-20-9-5-17(6-10-20)24(32)29-21-4-2-3-18(13-21)23(26)31/h2-15H,1H3,(H2,26,31)(H,29,32)(H,27,28,30). The molecular formula is C25H21N5O3. The van der Waals surface area contributed by atoms with Crippen molar-refractivity contribution < 1.29 is 14.3 Å². The van der Waals surface area contributed by atoms with Crippen molar-refractivity contribution in [1.29, 1.82) is 0 Å². The fraction of sp³-hybridized carbons (Fsp3) is 0.0400. The van der Waals surface area contributed by atoms with Crippen molar-refractivity contribution in [3.63, 3.8) is 0 Å². The molecule has 0 unspecified atom stereocenters. The quantitative estimate of drug-likeness (QED) is 0.396. The van der Waals surface area contributed by atoms with E-state index in [4.69, 9.17) is 10.5 Å². The van der Waals surface area contributed by atoms with Crippen molar-refractivity contribution >= 4 is 29.1 Å². The number of nitrogens with one attached hydrogen (secondary N) is 2. The van der Waals surface area contributed by atoms with Gasteiger partial charge in [0.05, 0.1) is 7.11 Å². The summed E-state index contributed by atoms with van der Waals surface area (Å²) in [6, 6.07) is 21.0. The topological polar surface area (TPSA) is 119 Å². The lowest BCUT2D eigenvalue weighted by atomic mass is 10.1. The third-order valence-electron chi connectivity index (χ3n) is 4.88. The molecule has 4 aromatic rings. The summed E-state index contributed by atoms with van der Waals surface area (Å²) in [4.78, 5) is 32.5. The largest absolute Gasteiger partial charge is 0.497 e. The molecule has 0 saturated heterocycles. The predicted molar refractivity (Wildman–Crippen MR) is 127 cm³/mol. The smallest absolute Gasteiger partial charge is 0.255 e. The average molecular weight is 439 g/mol. The highest BCUT2D eigenvalue weighted by molar-refractivity contribution is 6.05. The van der Waals surface area contributed by atoms with Crippen LogP contribution < -0.4 is 21.1 Å². The number of nitrogens with two attached hydrogens (primary N) is 1. The Hall–Kier alpha value is -4.72. The first-order valence-electron chi connectivity index (χ1n) is 10.1. The lowest BCUT2D eigenvalue weighted by Gasteiger charge is -2.09. The Balaban J connectivity index is 1.39.